The highest BCUT2D eigenvalue weighted by atomic mass is 16.5. The molecule has 4 nitrogen and oxygen atoms in total. The van der Waals surface area contributed by atoms with Gasteiger partial charge < -0.3 is 10.1 Å². The molecule has 4 heteroatoms. The average Bonchev–Trinajstić information content (AvgIpc) is 2.72. The normalized spacial score (nSPS) is 10.8. The average molecular weight is 368 g/mol. The number of hydrogen-bond acceptors (Lipinski definition) is 3. The molecule has 0 saturated carbocycles. The van der Waals surface area contributed by atoms with E-state index in [-0.39, 0.29) is 12.5 Å². The maximum absolute atomic E-state index is 12.0. The van der Waals surface area contributed by atoms with Crippen LogP contribution in [0.5, 0.6) is 5.75 Å². The molecule has 0 heterocycles. The molecule has 1 amide bonds. The second-order valence-electron chi connectivity index (χ2n) is 6.31. The van der Waals surface area contributed by atoms with Crippen LogP contribution >= 0.6 is 0 Å². The molecule has 138 valence electrons. The van der Waals surface area contributed by atoms with Crippen LogP contribution in [-0.4, -0.2) is 12.5 Å². The lowest BCUT2D eigenvalue weighted by atomic mass is 10.0. The van der Waals surface area contributed by atoms with Crippen LogP contribution in [0.2, 0.25) is 0 Å². The highest BCUT2D eigenvalue weighted by Gasteiger charge is 2.05. The van der Waals surface area contributed by atoms with Gasteiger partial charge in [0.25, 0.3) is 5.91 Å². The highest BCUT2D eigenvalue weighted by molar-refractivity contribution is 5.92. The van der Waals surface area contributed by atoms with E-state index in [4.69, 9.17) is 4.74 Å². The lowest BCUT2D eigenvalue weighted by Crippen LogP contribution is -2.20. The molecule has 0 atom stereocenters. The molecule has 1 N–H and O–H groups in total. The Kier molecular flexibility index (Phi) is 6.22. The Balaban J connectivity index is 1.59. The van der Waals surface area contributed by atoms with E-state index >= 15 is 0 Å². The molecule has 3 aromatic carbocycles. The van der Waals surface area contributed by atoms with Gasteiger partial charge in [-0.15, -0.1) is 0 Å². The second kappa shape index (κ2) is 9.20. The third kappa shape index (κ3) is 5.33. The fraction of sp³-hybridized carbons (Fsp3) is 0.0833. The fourth-order valence-electron chi connectivity index (χ4n) is 2.69. The first-order valence-corrected chi connectivity index (χ1v) is 8.90. The maximum Gasteiger partial charge on any atom is 0.262 e. The van der Waals surface area contributed by atoms with E-state index in [2.05, 4.69) is 11.4 Å². The van der Waals surface area contributed by atoms with E-state index in [0.717, 1.165) is 22.4 Å². The molecule has 3 rings (SSSR count). The number of aryl methyl sites for hydroxylation is 1. The zero-order chi connectivity index (χ0) is 19.8. The largest absolute Gasteiger partial charge is 0.484 e. The Hall–Kier alpha value is -3.84. The summed E-state index contributed by atoms with van der Waals surface area (Å²) in [7, 11) is 0. The van der Waals surface area contributed by atoms with Crippen LogP contribution in [0.1, 0.15) is 16.7 Å². The first-order chi connectivity index (χ1) is 13.6. The number of carbonyl (C=O) groups is 1. The van der Waals surface area contributed by atoms with E-state index in [1.54, 1.807) is 12.1 Å². The number of nitriles is 1. The number of allylic oxidation sites excluding steroid dienone is 1. The maximum atomic E-state index is 12.0. The summed E-state index contributed by atoms with van der Waals surface area (Å²) in [4.78, 5) is 12.0. The van der Waals surface area contributed by atoms with Crippen LogP contribution < -0.4 is 10.1 Å². The van der Waals surface area contributed by atoms with Gasteiger partial charge in [0.2, 0.25) is 0 Å². The molecule has 3 aromatic rings. The van der Waals surface area contributed by atoms with Crippen LogP contribution in [0, 0.1) is 18.3 Å². The molecule has 28 heavy (non-hydrogen) atoms. The van der Waals surface area contributed by atoms with Gasteiger partial charge in [0.15, 0.2) is 6.61 Å². The second-order valence-corrected chi connectivity index (χ2v) is 6.31. The minimum absolute atomic E-state index is 0.0728. The Labute approximate surface area is 164 Å². The number of ether oxygens (including phenoxy) is 1. The summed E-state index contributed by atoms with van der Waals surface area (Å²) >= 11 is 0. The standard InChI is InChI=1S/C24H20N2O2/c1-18-6-5-9-22(14-18)26-24(27)17-28-23-12-10-19(11-13-23)15-21(16-25)20-7-3-2-4-8-20/h2-15H,17H2,1H3,(H,26,27)/b21-15-. The molecule has 0 saturated heterocycles. The summed E-state index contributed by atoms with van der Waals surface area (Å²) < 4.78 is 5.54. The van der Waals surface area contributed by atoms with Crippen molar-refractivity contribution in [1.82, 2.24) is 0 Å². The number of benzene rings is 3. The van der Waals surface area contributed by atoms with Gasteiger partial charge in [-0.25, -0.2) is 0 Å². The van der Waals surface area contributed by atoms with Crippen molar-refractivity contribution in [3.05, 3.63) is 95.6 Å². The van der Waals surface area contributed by atoms with E-state index in [9.17, 15) is 10.1 Å². The van der Waals surface area contributed by atoms with Crippen molar-refractivity contribution in [3.8, 4) is 11.8 Å². The van der Waals surface area contributed by atoms with Crippen LogP contribution in [0.25, 0.3) is 11.6 Å². The van der Waals surface area contributed by atoms with Crippen LogP contribution in [0.3, 0.4) is 0 Å². The third-order valence-electron chi connectivity index (χ3n) is 4.07. The van der Waals surface area contributed by atoms with Crippen molar-refractivity contribution in [1.29, 1.82) is 5.26 Å². The number of amides is 1. The van der Waals surface area contributed by atoms with E-state index < -0.39 is 0 Å². The third-order valence-corrected chi connectivity index (χ3v) is 4.07. The predicted molar refractivity (Wildman–Crippen MR) is 112 cm³/mol. The smallest absolute Gasteiger partial charge is 0.262 e. The lowest BCUT2D eigenvalue weighted by Gasteiger charge is -2.08. The van der Waals surface area contributed by atoms with Crippen LogP contribution in [0.4, 0.5) is 5.69 Å². The minimum Gasteiger partial charge on any atom is -0.484 e. The van der Waals surface area contributed by atoms with Gasteiger partial charge in [0.05, 0.1) is 11.6 Å². The van der Waals surface area contributed by atoms with Crippen molar-refractivity contribution < 1.29 is 9.53 Å². The summed E-state index contributed by atoms with van der Waals surface area (Å²) in [5.41, 5.74) is 4.18. The number of hydrogen-bond donors (Lipinski definition) is 1. The predicted octanol–water partition coefficient (Wildman–Crippen LogP) is 5.08. The van der Waals surface area contributed by atoms with Crippen molar-refractivity contribution in [3.63, 3.8) is 0 Å². The van der Waals surface area contributed by atoms with Gasteiger partial charge in [-0.3, -0.25) is 4.79 Å². The minimum atomic E-state index is -0.217. The SMILES string of the molecule is Cc1cccc(NC(=O)COc2ccc(/C=C(/C#N)c3ccccc3)cc2)c1. The molecule has 0 spiro atoms. The molecule has 0 radical (unpaired) electrons. The number of anilines is 1. The lowest BCUT2D eigenvalue weighted by molar-refractivity contribution is -0.118. The topological polar surface area (TPSA) is 62.1 Å². The van der Waals surface area contributed by atoms with Gasteiger partial charge in [-0.05, 0) is 54.0 Å². The highest BCUT2D eigenvalue weighted by Crippen LogP contribution is 2.19. The number of nitrogens with zero attached hydrogens (tertiary/aromatic N) is 1. The van der Waals surface area contributed by atoms with E-state index in [0.29, 0.717) is 11.3 Å². The number of rotatable bonds is 6. The summed E-state index contributed by atoms with van der Waals surface area (Å²) in [5, 5.41) is 12.2. The summed E-state index contributed by atoms with van der Waals surface area (Å²) in [6.45, 7) is 1.90. The first kappa shape index (κ1) is 18.9. The van der Waals surface area contributed by atoms with Crippen molar-refractivity contribution in [2.24, 2.45) is 0 Å². The zero-order valence-corrected chi connectivity index (χ0v) is 15.6. The quantitative estimate of drug-likeness (QED) is 0.488. The van der Waals surface area contributed by atoms with Crippen molar-refractivity contribution in [2.45, 2.75) is 6.92 Å². The number of nitrogens with one attached hydrogen (secondary N) is 1. The van der Waals surface area contributed by atoms with Gasteiger partial charge in [0.1, 0.15) is 5.75 Å². The molecule has 0 aliphatic carbocycles. The zero-order valence-electron chi connectivity index (χ0n) is 15.6. The Morgan fingerprint density at radius 3 is 2.46 bits per heavy atom. The Morgan fingerprint density at radius 2 is 1.79 bits per heavy atom. The van der Waals surface area contributed by atoms with Gasteiger partial charge in [-0.1, -0.05) is 54.6 Å². The summed E-state index contributed by atoms with van der Waals surface area (Å²) in [5.74, 6) is 0.375. The van der Waals surface area contributed by atoms with E-state index in [1.165, 1.54) is 0 Å². The first-order valence-electron chi connectivity index (χ1n) is 8.90. The van der Waals surface area contributed by atoms with E-state index in [1.807, 2.05) is 79.7 Å². The Bertz CT molecular complexity index is 1020. The Morgan fingerprint density at radius 1 is 1.04 bits per heavy atom. The molecular weight excluding hydrogens is 348 g/mol. The van der Waals surface area contributed by atoms with Gasteiger partial charge >= 0.3 is 0 Å². The summed E-state index contributed by atoms with van der Waals surface area (Å²) in [6.07, 6.45) is 1.82. The van der Waals surface area contributed by atoms with Gasteiger partial charge in [-0.2, -0.15) is 5.26 Å². The molecular formula is C24H20N2O2. The monoisotopic (exact) mass is 368 g/mol. The molecule has 0 fully saturated rings. The molecule has 0 aromatic heterocycles. The molecule has 0 aliphatic heterocycles. The number of carbonyl (C=O) groups excluding carboxylic acids is 1. The van der Waals surface area contributed by atoms with Crippen LogP contribution in [-0.2, 0) is 4.79 Å². The summed E-state index contributed by atoms with van der Waals surface area (Å²) in [6, 6.07) is 26.6. The molecule has 0 bridgehead atoms. The fourth-order valence-corrected chi connectivity index (χ4v) is 2.69. The molecule has 0 aliphatic rings. The van der Waals surface area contributed by atoms with Crippen LogP contribution in [0.15, 0.2) is 78.9 Å². The molecule has 0 unspecified atom stereocenters. The van der Waals surface area contributed by atoms with Crippen molar-refractivity contribution >= 4 is 23.2 Å². The van der Waals surface area contributed by atoms with Gasteiger partial charge in [0, 0.05) is 5.69 Å². The van der Waals surface area contributed by atoms with Crippen molar-refractivity contribution in [2.75, 3.05) is 11.9 Å².